The quantitative estimate of drug-likeness (QED) is 0.474. The highest BCUT2D eigenvalue weighted by Crippen LogP contribution is 2.30. The molecule has 1 aliphatic rings. The van der Waals surface area contributed by atoms with E-state index >= 15 is 0 Å². The Morgan fingerprint density at radius 3 is 2.32 bits per heavy atom. The predicted molar refractivity (Wildman–Crippen MR) is 146 cm³/mol. The van der Waals surface area contributed by atoms with Crippen molar-refractivity contribution >= 4 is 27.5 Å². The normalized spacial score (nSPS) is 15.0. The minimum atomic E-state index is -3.83. The number of nitrogens with zero attached hydrogens (tertiary/aromatic N) is 2. The Morgan fingerprint density at radius 2 is 1.70 bits per heavy atom. The SMILES string of the molecule is CCOc1ccccc1N(CC(=O)N(Cc1ccc(C)cc1)[C@@H](C)C(=O)NC1CCCCC1)S(C)(=O)=O. The van der Waals surface area contributed by atoms with Gasteiger partial charge < -0.3 is 15.0 Å². The first-order valence-electron chi connectivity index (χ1n) is 12.9. The van der Waals surface area contributed by atoms with Crippen LogP contribution in [0.15, 0.2) is 48.5 Å². The van der Waals surface area contributed by atoms with Gasteiger partial charge in [0.1, 0.15) is 18.3 Å². The molecule has 37 heavy (non-hydrogen) atoms. The summed E-state index contributed by atoms with van der Waals surface area (Å²) in [6.07, 6.45) is 6.25. The highest BCUT2D eigenvalue weighted by molar-refractivity contribution is 7.92. The average Bonchev–Trinajstić information content (AvgIpc) is 2.87. The van der Waals surface area contributed by atoms with Crippen molar-refractivity contribution in [1.29, 1.82) is 0 Å². The van der Waals surface area contributed by atoms with Crippen LogP contribution in [-0.2, 0) is 26.2 Å². The molecule has 9 heteroatoms. The topological polar surface area (TPSA) is 96.0 Å². The summed E-state index contributed by atoms with van der Waals surface area (Å²) in [6.45, 7) is 5.57. The first-order valence-corrected chi connectivity index (χ1v) is 14.8. The van der Waals surface area contributed by atoms with Crippen LogP contribution in [0.2, 0.25) is 0 Å². The van der Waals surface area contributed by atoms with Crippen LogP contribution in [0.25, 0.3) is 0 Å². The minimum Gasteiger partial charge on any atom is -0.492 e. The van der Waals surface area contributed by atoms with Gasteiger partial charge in [0.2, 0.25) is 21.8 Å². The number of amides is 2. The van der Waals surface area contributed by atoms with E-state index in [1.807, 2.05) is 38.1 Å². The van der Waals surface area contributed by atoms with Crippen LogP contribution in [0.1, 0.15) is 57.1 Å². The number of hydrogen-bond donors (Lipinski definition) is 1. The number of rotatable bonds is 11. The van der Waals surface area contributed by atoms with E-state index in [1.165, 1.54) is 11.3 Å². The van der Waals surface area contributed by atoms with E-state index in [0.717, 1.165) is 47.4 Å². The van der Waals surface area contributed by atoms with E-state index < -0.39 is 28.5 Å². The van der Waals surface area contributed by atoms with Gasteiger partial charge in [0.05, 0.1) is 18.6 Å². The van der Waals surface area contributed by atoms with Crippen molar-refractivity contribution in [1.82, 2.24) is 10.2 Å². The molecule has 0 bridgehead atoms. The molecule has 1 N–H and O–H groups in total. The molecular formula is C28H39N3O5S. The highest BCUT2D eigenvalue weighted by Gasteiger charge is 2.32. The van der Waals surface area contributed by atoms with E-state index in [0.29, 0.717) is 12.4 Å². The van der Waals surface area contributed by atoms with E-state index in [4.69, 9.17) is 4.74 Å². The molecule has 0 heterocycles. The first kappa shape index (κ1) is 28.5. The van der Waals surface area contributed by atoms with Gasteiger partial charge in [-0.2, -0.15) is 0 Å². The van der Waals surface area contributed by atoms with Crippen molar-refractivity contribution < 1.29 is 22.7 Å². The van der Waals surface area contributed by atoms with Gasteiger partial charge in [-0.15, -0.1) is 0 Å². The fourth-order valence-electron chi connectivity index (χ4n) is 4.58. The third kappa shape index (κ3) is 7.95. The first-order chi connectivity index (χ1) is 17.6. The van der Waals surface area contributed by atoms with Crippen LogP contribution in [0.3, 0.4) is 0 Å². The Labute approximate surface area is 221 Å². The minimum absolute atomic E-state index is 0.102. The molecule has 0 unspecified atom stereocenters. The Bertz CT molecular complexity index is 1160. The van der Waals surface area contributed by atoms with Gasteiger partial charge in [0.15, 0.2) is 0 Å². The van der Waals surface area contributed by atoms with Crippen molar-refractivity contribution in [2.45, 2.75) is 71.5 Å². The number of para-hydroxylation sites is 2. The Morgan fingerprint density at radius 1 is 1.05 bits per heavy atom. The lowest BCUT2D eigenvalue weighted by molar-refractivity contribution is -0.139. The summed E-state index contributed by atoms with van der Waals surface area (Å²) in [5.74, 6) is -0.326. The van der Waals surface area contributed by atoms with Crippen molar-refractivity contribution in [3.8, 4) is 5.75 Å². The second kappa shape index (κ2) is 12.9. The zero-order chi connectivity index (χ0) is 27.0. The van der Waals surface area contributed by atoms with E-state index in [9.17, 15) is 18.0 Å². The summed E-state index contributed by atoms with van der Waals surface area (Å²) in [4.78, 5) is 28.5. The van der Waals surface area contributed by atoms with Crippen LogP contribution in [-0.4, -0.2) is 56.6 Å². The van der Waals surface area contributed by atoms with Crippen LogP contribution in [0.4, 0.5) is 5.69 Å². The molecule has 8 nitrogen and oxygen atoms in total. The highest BCUT2D eigenvalue weighted by atomic mass is 32.2. The zero-order valence-corrected chi connectivity index (χ0v) is 23.1. The number of nitrogens with one attached hydrogen (secondary N) is 1. The van der Waals surface area contributed by atoms with E-state index in [-0.39, 0.29) is 24.2 Å². The Kier molecular flexibility index (Phi) is 9.97. The van der Waals surface area contributed by atoms with Crippen LogP contribution in [0.5, 0.6) is 5.75 Å². The molecular weight excluding hydrogens is 490 g/mol. The summed E-state index contributed by atoms with van der Waals surface area (Å²) in [7, 11) is -3.83. The van der Waals surface area contributed by atoms with Gasteiger partial charge in [0, 0.05) is 12.6 Å². The molecule has 202 valence electrons. The number of carbonyl (C=O) groups is 2. The van der Waals surface area contributed by atoms with Crippen LogP contribution in [0, 0.1) is 6.92 Å². The monoisotopic (exact) mass is 529 g/mol. The lowest BCUT2D eigenvalue weighted by Gasteiger charge is -2.33. The summed E-state index contributed by atoms with van der Waals surface area (Å²) in [5.41, 5.74) is 2.23. The van der Waals surface area contributed by atoms with E-state index in [2.05, 4.69) is 5.32 Å². The lowest BCUT2D eigenvalue weighted by Crippen LogP contribution is -2.53. The van der Waals surface area contributed by atoms with Gasteiger partial charge in [-0.05, 0) is 51.3 Å². The second-order valence-electron chi connectivity index (χ2n) is 9.70. The molecule has 0 aromatic heterocycles. The summed E-state index contributed by atoms with van der Waals surface area (Å²) < 4.78 is 32.3. The molecule has 1 saturated carbocycles. The fraction of sp³-hybridized carbons (Fsp3) is 0.500. The number of hydrogen-bond acceptors (Lipinski definition) is 5. The van der Waals surface area contributed by atoms with Gasteiger partial charge >= 0.3 is 0 Å². The average molecular weight is 530 g/mol. The summed E-state index contributed by atoms with van der Waals surface area (Å²) >= 11 is 0. The number of sulfonamides is 1. The molecule has 2 aromatic rings. The number of anilines is 1. The van der Waals surface area contributed by atoms with Gasteiger partial charge in [0.25, 0.3) is 0 Å². The smallest absolute Gasteiger partial charge is 0.244 e. The largest absolute Gasteiger partial charge is 0.492 e. The molecule has 2 aromatic carbocycles. The fourth-order valence-corrected chi connectivity index (χ4v) is 5.43. The lowest BCUT2D eigenvalue weighted by atomic mass is 9.95. The maximum atomic E-state index is 13.8. The van der Waals surface area contributed by atoms with Crippen LogP contribution >= 0.6 is 0 Å². The van der Waals surface area contributed by atoms with Crippen molar-refractivity contribution in [2.24, 2.45) is 0 Å². The molecule has 1 aliphatic carbocycles. The number of carbonyl (C=O) groups excluding carboxylic acids is 2. The molecule has 2 amide bonds. The van der Waals surface area contributed by atoms with Gasteiger partial charge in [-0.25, -0.2) is 8.42 Å². The molecule has 1 fully saturated rings. The standard InChI is InChI=1S/C28H39N3O5S/c1-5-36-26-14-10-9-13-25(26)31(37(4,34)35)20-27(32)30(19-23-17-15-21(2)16-18-23)22(3)28(33)29-24-11-7-6-8-12-24/h9-10,13-18,22,24H,5-8,11-12,19-20H2,1-4H3,(H,29,33)/t22-/m0/s1. The third-order valence-electron chi connectivity index (χ3n) is 6.71. The zero-order valence-electron chi connectivity index (χ0n) is 22.3. The summed E-state index contributed by atoms with van der Waals surface area (Å²) in [5, 5.41) is 3.11. The van der Waals surface area contributed by atoms with Crippen molar-refractivity contribution in [3.63, 3.8) is 0 Å². The maximum absolute atomic E-state index is 13.8. The number of ether oxygens (including phenoxy) is 1. The van der Waals surface area contributed by atoms with Crippen molar-refractivity contribution in [2.75, 3.05) is 23.7 Å². The number of benzene rings is 2. The Balaban J connectivity index is 1.89. The maximum Gasteiger partial charge on any atom is 0.244 e. The molecule has 0 spiro atoms. The third-order valence-corrected chi connectivity index (χ3v) is 7.83. The predicted octanol–water partition coefficient (Wildman–Crippen LogP) is 4.03. The van der Waals surface area contributed by atoms with Gasteiger partial charge in [-0.3, -0.25) is 13.9 Å². The second-order valence-corrected chi connectivity index (χ2v) is 11.6. The molecule has 0 radical (unpaired) electrons. The molecule has 1 atom stereocenters. The molecule has 0 saturated heterocycles. The van der Waals surface area contributed by atoms with Crippen molar-refractivity contribution in [3.05, 3.63) is 59.7 Å². The number of aryl methyl sites for hydroxylation is 1. The van der Waals surface area contributed by atoms with E-state index in [1.54, 1.807) is 31.2 Å². The summed E-state index contributed by atoms with van der Waals surface area (Å²) in [6, 6.07) is 13.8. The van der Waals surface area contributed by atoms with Gasteiger partial charge in [-0.1, -0.05) is 61.2 Å². The van der Waals surface area contributed by atoms with Crippen LogP contribution < -0.4 is 14.4 Å². The molecule has 0 aliphatic heterocycles. The Hall–Kier alpha value is -3.07. The molecule has 3 rings (SSSR count).